The molecule has 5 aromatic carbocycles. The summed E-state index contributed by atoms with van der Waals surface area (Å²) in [7, 11) is 0. The molecule has 13 rings (SSSR count). The number of carbonyl (C=O) groups excluding carboxylic acids is 10. The Hall–Kier alpha value is -4.14. The molecule has 4 fully saturated rings. The first-order valence-corrected chi connectivity index (χ1v) is 25.9. The summed E-state index contributed by atoms with van der Waals surface area (Å²) in [5.41, 5.74) is -0.0328. The Kier molecular flexibility index (Phi) is 9.96. The average molecular weight is 1240 g/mol. The highest BCUT2D eigenvalue weighted by molar-refractivity contribution is 6.68. The Balaban J connectivity index is 0.775. The van der Waals surface area contributed by atoms with Crippen molar-refractivity contribution in [3.63, 3.8) is 0 Å². The van der Waals surface area contributed by atoms with Crippen molar-refractivity contribution in [2.75, 3.05) is 13.1 Å². The number of alkyl halides is 8. The Morgan fingerprint density at radius 2 is 0.622 bits per heavy atom. The number of allylic oxidation sites excluding steroid dienone is 4. The number of imide groups is 4. The fourth-order valence-electron chi connectivity index (χ4n) is 12.3. The van der Waals surface area contributed by atoms with Crippen molar-refractivity contribution in [3.8, 4) is 0 Å². The largest absolute Gasteiger partial charge is 0.352 e. The Bertz CT molecular complexity index is 3440. The van der Waals surface area contributed by atoms with E-state index in [-0.39, 0.29) is 63.3 Å². The van der Waals surface area contributed by atoms with E-state index in [1.165, 1.54) is 24.3 Å². The number of benzene rings is 5. The summed E-state index contributed by atoms with van der Waals surface area (Å²) in [5, 5.41) is 2.03. The summed E-state index contributed by atoms with van der Waals surface area (Å²) in [4.78, 5) is 141. The maximum atomic E-state index is 14.2. The highest BCUT2D eigenvalue weighted by atomic mass is 35.5. The van der Waals surface area contributed by atoms with Crippen LogP contribution in [0.4, 0.5) is 0 Å². The molecule has 74 heavy (non-hydrogen) atoms. The van der Waals surface area contributed by atoms with Crippen molar-refractivity contribution >= 4 is 241 Å². The van der Waals surface area contributed by atoms with Gasteiger partial charge in [-0.3, -0.25) is 48.2 Å². The quantitative estimate of drug-likeness (QED) is 0.0678. The highest BCUT2D eigenvalue weighted by Gasteiger charge is 2.89. The number of halogens is 12. The minimum absolute atomic E-state index is 0.00820. The lowest BCUT2D eigenvalue weighted by Gasteiger charge is -2.34. The summed E-state index contributed by atoms with van der Waals surface area (Å²) in [6, 6.07) is 12.0. The molecular formula is C46H16Cl12N4O12. The van der Waals surface area contributed by atoms with Gasteiger partial charge in [0.2, 0.25) is 0 Å². The molecule has 0 aromatic heterocycles. The molecule has 0 radical (unpaired) electrons. The minimum atomic E-state index is -2.25. The van der Waals surface area contributed by atoms with Gasteiger partial charge in [-0.05, 0) is 56.6 Å². The molecule has 0 N–H and O–H groups in total. The van der Waals surface area contributed by atoms with Gasteiger partial charge in [0.15, 0.2) is 8.67 Å². The molecule has 16 nitrogen and oxygen atoms in total. The van der Waals surface area contributed by atoms with Crippen LogP contribution in [0.15, 0.2) is 68.7 Å². The van der Waals surface area contributed by atoms with E-state index in [9.17, 15) is 47.9 Å². The van der Waals surface area contributed by atoms with Crippen LogP contribution in [0.25, 0.3) is 43.1 Å². The van der Waals surface area contributed by atoms with Gasteiger partial charge in [-0.25, -0.2) is 9.59 Å². The van der Waals surface area contributed by atoms with Crippen molar-refractivity contribution in [3.05, 3.63) is 90.9 Å². The number of carbonyl (C=O) groups is 10. The fourth-order valence-corrected chi connectivity index (χ4v) is 18.2. The molecule has 2 saturated heterocycles. The normalized spacial score (nSPS) is 32.2. The first-order chi connectivity index (χ1) is 34.6. The summed E-state index contributed by atoms with van der Waals surface area (Å²) in [6.45, 7) is -2.15. The number of amides is 8. The second kappa shape index (κ2) is 14.9. The first-order valence-electron chi connectivity index (χ1n) is 21.3. The number of rotatable bonds is 6. The predicted octanol–water partition coefficient (Wildman–Crippen LogP) is 8.74. The van der Waals surface area contributed by atoms with Crippen LogP contribution in [0, 0.1) is 23.7 Å². The van der Waals surface area contributed by atoms with Crippen LogP contribution in [0.1, 0.15) is 41.4 Å². The summed E-state index contributed by atoms with van der Waals surface area (Å²) >= 11 is 78.4. The molecular weight excluding hydrogens is 1230 g/mol. The third-order valence-corrected chi connectivity index (χ3v) is 24.0. The predicted molar refractivity (Wildman–Crippen MR) is 269 cm³/mol. The van der Waals surface area contributed by atoms with Crippen LogP contribution in [0.3, 0.4) is 0 Å². The second-order valence-corrected chi connectivity index (χ2v) is 25.1. The molecule has 4 heterocycles. The topological polar surface area (TPSA) is 202 Å². The third kappa shape index (κ3) is 5.10. The Labute approximate surface area is 471 Å². The van der Waals surface area contributed by atoms with Gasteiger partial charge in [-0.2, -0.15) is 0 Å². The zero-order chi connectivity index (χ0) is 53.1. The van der Waals surface area contributed by atoms with E-state index in [0.717, 1.165) is 0 Å². The van der Waals surface area contributed by atoms with Crippen LogP contribution in [0.2, 0.25) is 0 Å². The van der Waals surface area contributed by atoms with Gasteiger partial charge in [0.05, 0.1) is 43.8 Å². The highest BCUT2D eigenvalue weighted by Crippen LogP contribution is 2.79. The second-order valence-electron chi connectivity index (χ2n) is 18.6. The number of fused-ring (bicyclic) bond motifs is 12. The lowest BCUT2D eigenvalue weighted by Crippen LogP contribution is -2.51. The molecule has 8 atom stereocenters. The van der Waals surface area contributed by atoms with Crippen molar-refractivity contribution in [1.29, 1.82) is 0 Å². The van der Waals surface area contributed by atoms with E-state index >= 15 is 0 Å². The molecule has 5 aromatic rings. The minimum Gasteiger partial charge on any atom is -0.328 e. The lowest BCUT2D eigenvalue weighted by atomic mass is 9.82. The summed E-state index contributed by atoms with van der Waals surface area (Å²) in [6.07, 6.45) is 0. The van der Waals surface area contributed by atoms with Crippen LogP contribution in [-0.4, -0.2) is 120 Å². The fraction of sp³-hybridized carbons (Fsp3) is 0.261. The van der Waals surface area contributed by atoms with Crippen LogP contribution in [0.5, 0.6) is 0 Å². The maximum absolute atomic E-state index is 14.2. The monoisotopic (exact) mass is 1240 g/mol. The van der Waals surface area contributed by atoms with E-state index in [1.807, 2.05) is 0 Å². The van der Waals surface area contributed by atoms with E-state index in [0.29, 0.717) is 42.1 Å². The molecule has 2 saturated carbocycles. The molecule has 28 heteroatoms. The summed E-state index contributed by atoms with van der Waals surface area (Å²) in [5.74, 6) is -17.7. The number of hydrogen-bond donors (Lipinski definition) is 0. The van der Waals surface area contributed by atoms with Gasteiger partial charge in [0, 0.05) is 33.0 Å². The standard InChI is InChI=1S/C46H16Cl12N4O12/c47-29-30(48)42(52)26-25(41(29,51)45(42,55)56)37(69)61(38(26)70)73-19(63)9-59-33(65)15-5-1-11-12-2-6-17-24-18(8-4-14(22(12)24)13-3-7-16(34(59)66)23(15)21(11)13)36(68)60(35(17)67)10-20(64)74-62-39(71)27-28(40(62)72)44(54)32(50)31(49)43(27,53)46(44,57)58/h1-8,25-28H,9-10H2/t25-,26?,27-,28?,41+,42-,43+,44-/m1/s1. The number of hydrogen-bond acceptors (Lipinski definition) is 12. The Morgan fingerprint density at radius 1 is 0.392 bits per heavy atom. The van der Waals surface area contributed by atoms with Crippen molar-refractivity contribution < 1.29 is 57.6 Å². The molecule has 0 spiro atoms. The Morgan fingerprint density at radius 3 is 0.851 bits per heavy atom. The van der Waals surface area contributed by atoms with E-state index in [4.69, 9.17) is 149 Å². The average Bonchev–Trinajstić information content (AvgIpc) is 3.93. The van der Waals surface area contributed by atoms with Gasteiger partial charge in [-0.15, -0.1) is 56.5 Å². The SMILES string of the molecule is O=C(CN1C(=O)c2ccc3c4ccc5c6c(ccc(c7ccc(c2c37)C1=O)c64)C(=O)N(CC(=O)ON1C(=O)C2[C@H](C1=O)[C@]1(Cl)C(Cl)=C(Cl)[C@@]2(Cl)C1(Cl)Cl)C5=O)ON1C(=O)C2[C@H](C1=O)[C@]1(Cl)C(Cl)=C(Cl)[C@@]2(Cl)C1(Cl)Cl. The number of nitrogens with zero attached hydrogens (tertiary/aromatic N) is 4. The molecule has 4 bridgehead atoms. The lowest BCUT2D eigenvalue weighted by molar-refractivity contribution is -0.199. The first kappa shape index (κ1) is 49.4. The van der Waals surface area contributed by atoms with Crippen molar-refractivity contribution in [2.24, 2.45) is 23.7 Å². The van der Waals surface area contributed by atoms with Gasteiger partial charge in [0.25, 0.3) is 47.3 Å². The van der Waals surface area contributed by atoms with Crippen molar-refractivity contribution in [1.82, 2.24) is 19.9 Å². The molecule has 4 aliphatic heterocycles. The molecule has 2 unspecified atom stereocenters. The van der Waals surface area contributed by atoms with Gasteiger partial charge in [0.1, 0.15) is 32.6 Å². The molecule has 8 aliphatic rings. The van der Waals surface area contributed by atoms with Gasteiger partial charge >= 0.3 is 11.9 Å². The smallest absolute Gasteiger partial charge is 0.328 e. The molecule has 8 amide bonds. The molecule has 376 valence electrons. The number of hydroxylamine groups is 4. The zero-order valence-electron chi connectivity index (χ0n) is 35.6. The third-order valence-electron chi connectivity index (χ3n) is 15.5. The van der Waals surface area contributed by atoms with Crippen LogP contribution in [-0.2, 0) is 38.4 Å². The zero-order valence-corrected chi connectivity index (χ0v) is 44.6. The van der Waals surface area contributed by atoms with Gasteiger partial charge in [-0.1, -0.05) is 117 Å². The van der Waals surface area contributed by atoms with E-state index < -0.39 is 124 Å². The maximum Gasteiger partial charge on any atom is 0.352 e. The van der Waals surface area contributed by atoms with Crippen LogP contribution < -0.4 is 0 Å². The molecule has 4 aliphatic carbocycles. The van der Waals surface area contributed by atoms with E-state index in [2.05, 4.69) is 0 Å². The van der Waals surface area contributed by atoms with Crippen molar-refractivity contribution in [2.45, 2.75) is 28.2 Å². The van der Waals surface area contributed by atoms with Gasteiger partial charge < -0.3 is 9.68 Å². The van der Waals surface area contributed by atoms with Crippen LogP contribution >= 0.6 is 139 Å². The summed E-state index contributed by atoms with van der Waals surface area (Å²) < 4.78 is -4.50. The van der Waals surface area contributed by atoms with E-state index in [1.54, 1.807) is 24.3 Å².